The topological polar surface area (TPSA) is 53.4 Å². The summed E-state index contributed by atoms with van der Waals surface area (Å²) in [5.74, 6) is -5.68. The highest BCUT2D eigenvalue weighted by Gasteiger charge is 2.54. The maximum atomic E-state index is 14.6. The Morgan fingerprint density at radius 1 is 1.39 bits per heavy atom. The van der Waals surface area contributed by atoms with Crippen LogP contribution < -0.4 is 4.90 Å². The molecule has 1 N–H and O–H groups in total. The van der Waals surface area contributed by atoms with Gasteiger partial charge in [-0.25, -0.2) is 4.98 Å². The van der Waals surface area contributed by atoms with Gasteiger partial charge in [0.2, 0.25) is 0 Å². The molecule has 0 saturated heterocycles. The lowest BCUT2D eigenvalue weighted by Crippen LogP contribution is -2.34. The number of rotatable bonds is 3. The number of halogens is 3. The molecule has 4 nitrogen and oxygen atoms in total. The summed E-state index contributed by atoms with van der Waals surface area (Å²) in [7, 11) is 0. The first-order chi connectivity index (χ1) is 11.6. The number of anilines is 1. The van der Waals surface area contributed by atoms with E-state index < -0.39 is 30.0 Å². The molecule has 1 aliphatic heterocycles. The summed E-state index contributed by atoms with van der Waals surface area (Å²) in [6.07, 6.45) is -1.25. The van der Waals surface area contributed by atoms with Crippen molar-refractivity contribution < 1.29 is 21.4 Å². The zero-order valence-corrected chi connectivity index (χ0v) is 12.7. The van der Waals surface area contributed by atoms with E-state index in [4.69, 9.17) is 14.3 Å². The van der Waals surface area contributed by atoms with Crippen LogP contribution in [-0.4, -0.2) is 16.0 Å². The average Bonchev–Trinajstić information content (AvgIpc) is 2.74. The number of carbonyl (C=O) groups is 1. The Morgan fingerprint density at radius 3 is 2.74 bits per heavy atom. The molecule has 1 aromatic carbocycles. The molecule has 120 valence electrons. The Labute approximate surface area is 139 Å². The van der Waals surface area contributed by atoms with Gasteiger partial charge in [0.15, 0.2) is 0 Å². The number of aliphatic hydroxyl groups is 1. The molecule has 7 heteroatoms. The molecule has 1 aliphatic rings. The fourth-order valence-corrected chi connectivity index (χ4v) is 2.65. The van der Waals surface area contributed by atoms with E-state index in [-0.39, 0.29) is 22.1 Å². The van der Waals surface area contributed by atoms with Crippen LogP contribution in [0.2, 0.25) is 5.15 Å². The van der Waals surface area contributed by atoms with Gasteiger partial charge in [-0.1, -0.05) is 29.8 Å². The molecular formula is C16H13ClF2N2O2. The van der Waals surface area contributed by atoms with E-state index in [1.807, 2.05) is 0 Å². The predicted molar refractivity (Wildman–Crippen MR) is 81.4 cm³/mol. The summed E-state index contributed by atoms with van der Waals surface area (Å²) < 4.78 is 45.7. The third-order valence-corrected chi connectivity index (χ3v) is 3.70. The minimum absolute atomic E-state index is 0.0299. The molecule has 0 saturated carbocycles. The molecule has 0 radical (unpaired) electrons. The van der Waals surface area contributed by atoms with Crippen LogP contribution in [0.25, 0.3) is 0 Å². The molecule has 1 aromatic heterocycles. The van der Waals surface area contributed by atoms with Gasteiger partial charge < -0.3 is 10.0 Å². The van der Waals surface area contributed by atoms with Crippen LogP contribution in [-0.2, 0) is 17.2 Å². The summed E-state index contributed by atoms with van der Waals surface area (Å²) in [5.41, 5.74) is -1.41. The van der Waals surface area contributed by atoms with Gasteiger partial charge in [0.05, 0.1) is 32.3 Å². The highest BCUT2D eigenvalue weighted by Crippen LogP contribution is 2.47. The standard InChI is InChI=1S/C16H13ClF2N2O2/c1-9(22)11-5-3-6-12-14(11)16(18,19)15(23)21(12)8-10-4-2-7-13(17)20-10/h2-7,9,22H,8H2,1H3/t9-/m0/s1/i8D2. The molecule has 3 rings (SSSR count). The molecular weight excluding hydrogens is 326 g/mol. The van der Waals surface area contributed by atoms with Crippen molar-refractivity contribution in [3.63, 3.8) is 0 Å². The van der Waals surface area contributed by atoms with Gasteiger partial charge in [0.1, 0.15) is 5.15 Å². The second-order valence-corrected chi connectivity index (χ2v) is 5.48. The van der Waals surface area contributed by atoms with Crippen molar-refractivity contribution in [2.45, 2.75) is 25.4 Å². The summed E-state index contributed by atoms with van der Waals surface area (Å²) >= 11 is 5.75. The number of hydrogen-bond donors (Lipinski definition) is 1. The Balaban J connectivity index is 2.23. The molecule has 0 spiro atoms. The molecule has 2 aromatic rings. The van der Waals surface area contributed by atoms with Crippen molar-refractivity contribution in [2.75, 3.05) is 4.90 Å². The van der Waals surface area contributed by atoms with Crippen molar-refractivity contribution in [3.8, 4) is 0 Å². The molecule has 0 aliphatic carbocycles. The SMILES string of the molecule is [2H]C([2H])(c1cccc(Cl)n1)N1C(=O)C(F)(F)c2c([C@H](C)O)cccc21. The second-order valence-electron chi connectivity index (χ2n) is 5.09. The van der Waals surface area contributed by atoms with Crippen molar-refractivity contribution in [2.24, 2.45) is 0 Å². The first-order valence-corrected chi connectivity index (χ1v) is 7.13. The van der Waals surface area contributed by atoms with Crippen molar-refractivity contribution >= 4 is 23.2 Å². The number of aliphatic hydroxyl groups excluding tert-OH is 1. The third-order valence-electron chi connectivity index (χ3n) is 3.49. The van der Waals surface area contributed by atoms with Crippen molar-refractivity contribution in [3.05, 3.63) is 58.4 Å². The molecule has 23 heavy (non-hydrogen) atoms. The fourth-order valence-electron chi connectivity index (χ4n) is 2.49. The van der Waals surface area contributed by atoms with Crippen LogP contribution in [0, 0.1) is 0 Å². The fraction of sp³-hybridized carbons (Fsp3) is 0.250. The predicted octanol–water partition coefficient (Wildman–Crippen LogP) is 3.43. The van der Waals surface area contributed by atoms with Gasteiger partial charge in [-0.3, -0.25) is 4.79 Å². The van der Waals surface area contributed by atoms with Crippen molar-refractivity contribution in [1.82, 2.24) is 4.98 Å². The van der Waals surface area contributed by atoms with E-state index in [0.717, 1.165) is 0 Å². The zero-order valence-electron chi connectivity index (χ0n) is 13.9. The zero-order chi connectivity index (χ0) is 18.6. The van der Waals surface area contributed by atoms with Crippen LogP contribution in [0.3, 0.4) is 0 Å². The first kappa shape index (κ1) is 13.4. The molecule has 1 amide bonds. The van der Waals surface area contributed by atoms with Crippen LogP contribution in [0.5, 0.6) is 0 Å². The van der Waals surface area contributed by atoms with E-state index >= 15 is 0 Å². The number of aromatic nitrogens is 1. The Hall–Kier alpha value is -2.05. The normalized spacial score (nSPS) is 19.2. The lowest BCUT2D eigenvalue weighted by molar-refractivity contribution is -0.141. The maximum absolute atomic E-state index is 14.6. The Bertz CT molecular complexity index is 862. The molecule has 0 bridgehead atoms. The quantitative estimate of drug-likeness (QED) is 0.871. The van der Waals surface area contributed by atoms with Gasteiger partial charge in [0, 0.05) is 0 Å². The third kappa shape index (κ3) is 2.58. The lowest BCUT2D eigenvalue weighted by Gasteiger charge is -2.17. The molecule has 1 atom stereocenters. The van der Waals surface area contributed by atoms with E-state index in [1.54, 1.807) is 0 Å². The summed E-state index contributed by atoms with van der Waals surface area (Å²) in [6, 6.07) is 7.94. The number of fused-ring (bicyclic) bond motifs is 1. The van der Waals surface area contributed by atoms with Crippen LogP contribution in [0.1, 0.15) is 32.6 Å². The smallest absolute Gasteiger partial charge is 0.352 e. The van der Waals surface area contributed by atoms with E-state index in [1.165, 1.54) is 43.3 Å². The second kappa shape index (κ2) is 5.54. The molecule has 0 fully saturated rings. The Kier molecular flexibility index (Phi) is 3.23. The Morgan fingerprint density at radius 2 is 2.09 bits per heavy atom. The van der Waals surface area contributed by atoms with Gasteiger partial charge in [0.25, 0.3) is 0 Å². The number of alkyl halides is 2. The number of pyridine rings is 1. The van der Waals surface area contributed by atoms with Gasteiger partial charge >= 0.3 is 11.8 Å². The van der Waals surface area contributed by atoms with Gasteiger partial charge in [-0.2, -0.15) is 8.78 Å². The molecule has 0 unspecified atom stereocenters. The lowest BCUT2D eigenvalue weighted by atomic mass is 9.98. The van der Waals surface area contributed by atoms with E-state index in [9.17, 15) is 18.7 Å². The number of benzene rings is 1. The number of carbonyl (C=O) groups excluding carboxylic acids is 1. The van der Waals surface area contributed by atoms with Crippen LogP contribution in [0.4, 0.5) is 14.5 Å². The van der Waals surface area contributed by atoms with Crippen LogP contribution in [0.15, 0.2) is 36.4 Å². The van der Waals surface area contributed by atoms with Crippen LogP contribution >= 0.6 is 11.6 Å². The average molecular weight is 341 g/mol. The number of nitrogens with zero attached hydrogens (tertiary/aromatic N) is 2. The van der Waals surface area contributed by atoms with Crippen molar-refractivity contribution in [1.29, 1.82) is 0 Å². The van der Waals surface area contributed by atoms with Gasteiger partial charge in [-0.05, 0) is 30.7 Å². The largest absolute Gasteiger partial charge is 0.389 e. The summed E-state index contributed by atoms with van der Waals surface area (Å²) in [6.45, 7) is -1.36. The van der Waals surface area contributed by atoms with Gasteiger partial charge in [-0.15, -0.1) is 0 Å². The number of hydrogen-bond acceptors (Lipinski definition) is 3. The summed E-state index contributed by atoms with van der Waals surface area (Å²) in [5, 5.41) is 9.73. The minimum atomic E-state index is -3.96. The minimum Gasteiger partial charge on any atom is -0.389 e. The van der Waals surface area contributed by atoms with E-state index in [2.05, 4.69) is 4.98 Å². The summed E-state index contributed by atoms with van der Waals surface area (Å²) in [4.78, 5) is 16.5. The number of amides is 1. The highest BCUT2D eigenvalue weighted by molar-refractivity contribution is 6.29. The van der Waals surface area contributed by atoms with E-state index in [0.29, 0.717) is 4.90 Å². The highest BCUT2D eigenvalue weighted by atomic mass is 35.5. The first-order valence-electron chi connectivity index (χ1n) is 7.75. The maximum Gasteiger partial charge on any atom is 0.352 e. The monoisotopic (exact) mass is 340 g/mol. The molecule has 2 heterocycles.